The molecule has 0 spiro atoms. The molecule has 4 aromatic rings. The number of nitro benzene ring substituents is 1. The average molecular weight is 491 g/mol. The topological polar surface area (TPSA) is 159 Å². The molecule has 0 atom stereocenters. The number of non-ortho nitro benzene ring substituents is 1. The molecule has 13 heteroatoms. The number of ether oxygens (including phenoxy) is 2. The van der Waals surface area contributed by atoms with Crippen molar-refractivity contribution < 1.29 is 19.2 Å². The normalized spacial score (nSPS) is 15.5. The number of carbonyl (C=O) groups excluding carboxylic acids is 1. The Morgan fingerprint density at radius 3 is 2.56 bits per heavy atom. The Balaban J connectivity index is 1.15. The minimum absolute atomic E-state index is 0.0551. The van der Waals surface area contributed by atoms with Crippen LogP contribution < -0.4 is 25.2 Å². The third-order valence-electron chi connectivity index (χ3n) is 6.45. The molecule has 184 valence electrons. The van der Waals surface area contributed by atoms with E-state index in [0.29, 0.717) is 59.5 Å². The van der Waals surface area contributed by atoms with Crippen LogP contribution in [0.15, 0.2) is 41.2 Å². The highest BCUT2D eigenvalue weighted by molar-refractivity contribution is 6.15. The summed E-state index contributed by atoms with van der Waals surface area (Å²) in [5, 5.41) is 21.4. The van der Waals surface area contributed by atoms with Crippen LogP contribution in [0.3, 0.4) is 0 Å². The number of hydrogen-bond donors (Lipinski definition) is 3. The zero-order valence-corrected chi connectivity index (χ0v) is 18.9. The first-order valence-electron chi connectivity index (χ1n) is 11.3. The second kappa shape index (κ2) is 8.53. The number of fused-ring (bicyclic) bond motifs is 4. The lowest BCUT2D eigenvalue weighted by Gasteiger charge is -2.35. The van der Waals surface area contributed by atoms with Gasteiger partial charge in [-0.3, -0.25) is 24.6 Å². The Kier molecular flexibility index (Phi) is 5.18. The number of rotatable bonds is 5. The Morgan fingerprint density at radius 2 is 1.83 bits per heavy atom. The van der Waals surface area contributed by atoms with Gasteiger partial charge in [0.05, 0.1) is 22.4 Å². The predicted molar refractivity (Wildman–Crippen MR) is 131 cm³/mol. The molecule has 3 N–H and O–H groups in total. The fourth-order valence-electron chi connectivity index (χ4n) is 4.63. The summed E-state index contributed by atoms with van der Waals surface area (Å²) in [6.45, 7) is 2.94. The molecule has 0 unspecified atom stereocenters. The number of hydrogen-bond acceptors (Lipinski definition) is 9. The monoisotopic (exact) mass is 491 g/mol. The van der Waals surface area contributed by atoms with Crippen LogP contribution in [0, 0.1) is 10.1 Å². The molecule has 2 aromatic heterocycles. The van der Waals surface area contributed by atoms with Gasteiger partial charge in [-0.25, -0.2) is 5.10 Å². The number of H-pyrrole nitrogens is 2. The summed E-state index contributed by atoms with van der Waals surface area (Å²) in [6, 6.07) is 9.98. The third-order valence-corrected chi connectivity index (χ3v) is 6.45. The number of aromatic nitrogens is 3. The summed E-state index contributed by atoms with van der Waals surface area (Å²) >= 11 is 0. The van der Waals surface area contributed by atoms with Crippen molar-refractivity contribution in [1.29, 1.82) is 0 Å². The van der Waals surface area contributed by atoms with Gasteiger partial charge in [-0.05, 0) is 18.2 Å². The molecule has 1 saturated heterocycles. The zero-order valence-electron chi connectivity index (χ0n) is 18.9. The van der Waals surface area contributed by atoms with E-state index in [1.807, 2.05) is 4.90 Å². The number of nitro groups is 1. The van der Waals surface area contributed by atoms with Gasteiger partial charge in [-0.1, -0.05) is 0 Å². The van der Waals surface area contributed by atoms with Gasteiger partial charge in [-0.15, -0.1) is 0 Å². The Hall–Kier alpha value is -4.65. The summed E-state index contributed by atoms with van der Waals surface area (Å²) in [5.74, 6) is 1.14. The van der Waals surface area contributed by atoms with E-state index in [1.54, 1.807) is 24.3 Å². The highest BCUT2D eigenvalue weighted by atomic mass is 16.7. The van der Waals surface area contributed by atoms with Crippen LogP contribution in [0.5, 0.6) is 11.5 Å². The molecular formula is C23H21N7O6. The van der Waals surface area contributed by atoms with Gasteiger partial charge in [-0.2, -0.15) is 5.10 Å². The van der Waals surface area contributed by atoms with E-state index in [-0.39, 0.29) is 30.8 Å². The number of anilines is 2. The van der Waals surface area contributed by atoms with Gasteiger partial charge in [0, 0.05) is 55.5 Å². The molecule has 0 saturated carbocycles. The minimum Gasteiger partial charge on any atom is -0.454 e. The second-order valence-electron chi connectivity index (χ2n) is 8.61. The number of amides is 1. The van der Waals surface area contributed by atoms with Crippen LogP contribution in [-0.2, 0) is 4.79 Å². The molecule has 13 nitrogen and oxygen atoms in total. The summed E-state index contributed by atoms with van der Waals surface area (Å²) in [4.78, 5) is 42.9. The molecule has 2 aliphatic rings. The Bertz CT molecular complexity index is 1550. The second-order valence-corrected chi connectivity index (χ2v) is 8.61. The number of aromatic amines is 2. The minimum atomic E-state index is -0.420. The van der Waals surface area contributed by atoms with Gasteiger partial charge < -0.3 is 24.7 Å². The van der Waals surface area contributed by atoms with E-state index in [2.05, 4.69) is 25.4 Å². The maximum atomic E-state index is 12.9. The molecule has 4 heterocycles. The molecule has 0 radical (unpaired) electrons. The number of nitrogens with zero attached hydrogens (tertiary/aromatic N) is 4. The molecule has 1 amide bonds. The zero-order chi connectivity index (χ0) is 24.8. The summed E-state index contributed by atoms with van der Waals surface area (Å²) in [6.07, 6.45) is 0. The molecule has 0 aliphatic carbocycles. The van der Waals surface area contributed by atoms with Crippen molar-refractivity contribution in [3.8, 4) is 11.5 Å². The predicted octanol–water partition coefficient (Wildman–Crippen LogP) is 1.80. The molecule has 2 aliphatic heterocycles. The van der Waals surface area contributed by atoms with Crippen molar-refractivity contribution in [3.63, 3.8) is 0 Å². The van der Waals surface area contributed by atoms with Crippen molar-refractivity contribution in [2.75, 3.05) is 49.7 Å². The van der Waals surface area contributed by atoms with Crippen LogP contribution in [0.25, 0.3) is 21.8 Å². The smallest absolute Gasteiger partial charge is 0.288 e. The number of benzene rings is 2. The molecule has 6 rings (SSSR count). The lowest BCUT2D eigenvalue weighted by molar-refractivity contribution is -0.384. The quantitative estimate of drug-likeness (QED) is 0.279. The van der Waals surface area contributed by atoms with E-state index in [4.69, 9.17) is 9.47 Å². The Labute approximate surface area is 202 Å². The Morgan fingerprint density at radius 1 is 1.11 bits per heavy atom. The maximum Gasteiger partial charge on any atom is 0.288 e. The van der Waals surface area contributed by atoms with Crippen LogP contribution in [0.4, 0.5) is 17.2 Å². The molecule has 36 heavy (non-hydrogen) atoms. The summed E-state index contributed by atoms with van der Waals surface area (Å²) in [7, 11) is 0. The first-order valence-corrected chi connectivity index (χ1v) is 11.3. The van der Waals surface area contributed by atoms with Crippen LogP contribution in [0.2, 0.25) is 0 Å². The average Bonchev–Trinajstić information content (AvgIpc) is 3.49. The third kappa shape index (κ3) is 3.84. The number of carbonyl (C=O) groups is 1. The van der Waals surface area contributed by atoms with Gasteiger partial charge in [0.25, 0.3) is 11.2 Å². The van der Waals surface area contributed by atoms with Crippen molar-refractivity contribution >= 4 is 44.9 Å². The van der Waals surface area contributed by atoms with Crippen LogP contribution in [0.1, 0.15) is 0 Å². The largest absolute Gasteiger partial charge is 0.454 e. The first-order chi connectivity index (χ1) is 17.5. The highest BCUT2D eigenvalue weighted by Gasteiger charge is 2.23. The van der Waals surface area contributed by atoms with Gasteiger partial charge >= 0.3 is 0 Å². The molecular weight excluding hydrogens is 470 g/mol. The maximum absolute atomic E-state index is 12.9. The number of piperazine rings is 1. The van der Waals surface area contributed by atoms with E-state index in [1.165, 1.54) is 12.1 Å². The fraction of sp³-hybridized carbons (Fsp3) is 0.261. The van der Waals surface area contributed by atoms with Gasteiger partial charge in [0.1, 0.15) is 5.52 Å². The van der Waals surface area contributed by atoms with Gasteiger partial charge in [0.2, 0.25) is 12.7 Å². The number of nitrogens with one attached hydrogen (secondary N) is 3. The van der Waals surface area contributed by atoms with Crippen molar-refractivity contribution in [2.24, 2.45) is 0 Å². The van der Waals surface area contributed by atoms with Crippen LogP contribution in [-0.4, -0.2) is 70.4 Å². The fourth-order valence-corrected chi connectivity index (χ4v) is 4.63. The summed E-state index contributed by atoms with van der Waals surface area (Å²) < 4.78 is 10.9. The molecule has 2 aromatic carbocycles. The lowest BCUT2D eigenvalue weighted by Crippen LogP contribution is -2.48. The van der Waals surface area contributed by atoms with E-state index in [0.717, 1.165) is 5.69 Å². The van der Waals surface area contributed by atoms with E-state index >= 15 is 0 Å². The first kappa shape index (κ1) is 21.9. The van der Waals surface area contributed by atoms with Crippen molar-refractivity contribution in [1.82, 2.24) is 20.1 Å². The standard InChI is InChI=1S/C23H21N7O6/c31-19(11-28-5-7-29(8-6-28)13-1-3-14(4-2-13)30(33)34)25-22-20-15-9-17-18(36-12-35-17)10-16(15)24-21(20)23(32)27-26-22/h1-4,9-10,24H,5-8,11-12H2,(H,27,32)(H,25,26,31). The van der Waals surface area contributed by atoms with Crippen molar-refractivity contribution in [3.05, 3.63) is 56.9 Å². The lowest BCUT2D eigenvalue weighted by atomic mass is 10.1. The van der Waals surface area contributed by atoms with Crippen molar-refractivity contribution in [2.45, 2.75) is 0 Å². The molecule has 0 bridgehead atoms. The SMILES string of the molecule is O=C(CN1CCN(c2ccc([N+](=O)[O-])cc2)CC1)Nc1n[nH]c(=O)c2[nH]c3cc4c(cc3c12)OCO4. The van der Waals surface area contributed by atoms with E-state index in [9.17, 15) is 19.7 Å². The molecule has 1 fully saturated rings. The summed E-state index contributed by atoms with van der Waals surface area (Å²) in [5.41, 5.74) is 1.54. The highest BCUT2D eigenvalue weighted by Crippen LogP contribution is 2.39. The van der Waals surface area contributed by atoms with E-state index < -0.39 is 10.5 Å². The van der Waals surface area contributed by atoms with Crippen LogP contribution >= 0.6 is 0 Å². The van der Waals surface area contributed by atoms with Gasteiger partial charge in [0.15, 0.2) is 17.3 Å².